The molecular formula is C48H32N8. The molecule has 0 saturated heterocycles. The topological polar surface area (TPSA) is 85.5 Å². The molecule has 8 heteroatoms. The van der Waals surface area contributed by atoms with Gasteiger partial charge in [-0.25, -0.2) is 14.9 Å². The molecule has 8 nitrogen and oxygen atoms in total. The van der Waals surface area contributed by atoms with Gasteiger partial charge in [-0.15, -0.1) is 0 Å². The summed E-state index contributed by atoms with van der Waals surface area (Å²) in [4.78, 5) is 32.7. The van der Waals surface area contributed by atoms with Crippen LogP contribution in [0.25, 0.3) is 73.0 Å². The highest BCUT2D eigenvalue weighted by molar-refractivity contribution is 6.10. The molecule has 0 aliphatic carbocycles. The van der Waals surface area contributed by atoms with Gasteiger partial charge in [0.25, 0.3) is 0 Å². The maximum Gasteiger partial charge on any atom is 0.241 e. The van der Waals surface area contributed by atoms with Crippen molar-refractivity contribution in [3.05, 3.63) is 194 Å². The zero-order valence-corrected chi connectivity index (χ0v) is 30.1. The predicted molar refractivity (Wildman–Crippen MR) is 224 cm³/mol. The van der Waals surface area contributed by atoms with Gasteiger partial charge in [-0.1, -0.05) is 164 Å². The first-order valence-corrected chi connectivity index (χ1v) is 18.4. The SMILES string of the molecule is c1ccc(-c2nc(-c3ccccc3)nc(N(c3ccc4c5ccccc5n(-c5ccccc5)c4c3)c3nc(-c4ccccc4)nc(-c4ccccc4)n3)n2)cc1. The fraction of sp³-hybridized carbons (Fsp3) is 0. The molecule has 0 saturated carbocycles. The van der Waals surface area contributed by atoms with Gasteiger partial charge in [-0.05, 0) is 30.3 Å². The summed E-state index contributed by atoms with van der Waals surface area (Å²) in [6.45, 7) is 0. The Bertz CT molecular complexity index is 2710. The van der Waals surface area contributed by atoms with Gasteiger partial charge in [0.1, 0.15) is 0 Å². The number of para-hydroxylation sites is 2. The predicted octanol–water partition coefficient (Wildman–Crippen LogP) is 11.3. The van der Waals surface area contributed by atoms with Crippen LogP contribution in [0.2, 0.25) is 0 Å². The maximum absolute atomic E-state index is 5.19. The summed E-state index contributed by atoms with van der Waals surface area (Å²) in [5.41, 5.74) is 7.38. The lowest BCUT2D eigenvalue weighted by molar-refractivity contribution is 0.964. The lowest BCUT2D eigenvalue weighted by Gasteiger charge is -2.23. The van der Waals surface area contributed by atoms with Crippen LogP contribution in [0.5, 0.6) is 0 Å². The van der Waals surface area contributed by atoms with Gasteiger partial charge >= 0.3 is 0 Å². The third kappa shape index (κ3) is 6.11. The molecule has 0 fully saturated rings. The van der Waals surface area contributed by atoms with Gasteiger partial charge in [-0.2, -0.15) is 19.9 Å². The van der Waals surface area contributed by atoms with E-state index in [1.807, 2.05) is 132 Å². The summed E-state index contributed by atoms with van der Waals surface area (Å²) in [7, 11) is 0. The first-order valence-electron chi connectivity index (χ1n) is 18.4. The Hall–Kier alpha value is -7.84. The quantitative estimate of drug-likeness (QED) is 0.154. The molecule has 0 spiro atoms. The Balaban J connectivity index is 1.29. The van der Waals surface area contributed by atoms with Gasteiger partial charge < -0.3 is 4.57 Å². The number of hydrogen-bond donors (Lipinski definition) is 0. The number of nitrogens with zero attached hydrogens (tertiary/aromatic N) is 8. The molecule has 7 aromatic carbocycles. The van der Waals surface area contributed by atoms with E-state index in [1.54, 1.807) is 0 Å². The van der Waals surface area contributed by atoms with Gasteiger partial charge in [-0.3, -0.25) is 0 Å². The lowest BCUT2D eigenvalue weighted by atomic mass is 10.1. The van der Waals surface area contributed by atoms with Crippen molar-refractivity contribution in [2.45, 2.75) is 0 Å². The van der Waals surface area contributed by atoms with Crippen molar-refractivity contribution < 1.29 is 0 Å². The molecule has 56 heavy (non-hydrogen) atoms. The highest BCUT2D eigenvalue weighted by Crippen LogP contribution is 2.39. The first kappa shape index (κ1) is 32.8. The minimum atomic E-state index is 0.364. The summed E-state index contributed by atoms with van der Waals surface area (Å²) >= 11 is 0. The minimum Gasteiger partial charge on any atom is -0.309 e. The zero-order chi connectivity index (χ0) is 37.3. The number of benzene rings is 7. The van der Waals surface area contributed by atoms with E-state index in [1.165, 1.54) is 0 Å². The van der Waals surface area contributed by atoms with E-state index < -0.39 is 0 Å². The van der Waals surface area contributed by atoms with Crippen LogP contribution in [0.3, 0.4) is 0 Å². The summed E-state index contributed by atoms with van der Waals surface area (Å²) in [6.07, 6.45) is 0. The van der Waals surface area contributed by atoms with E-state index >= 15 is 0 Å². The largest absolute Gasteiger partial charge is 0.309 e. The maximum atomic E-state index is 5.19. The van der Waals surface area contributed by atoms with Gasteiger partial charge in [0.15, 0.2) is 23.3 Å². The highest BCUT2D eigenvalue weighted by Gasteiger charge is 2.25. The van der Waals surface area contributed by atoms with E-state index in [0.29, 0.717) is 35.2 Å². The standard InChI is InChI=1S/C48H32N8/c1-6-18-33(19-7-1)43-49-44(34-20-8-2-9-21-34)52-47(51-43)56(48-53-45(35-22-10-3-11-23-35)50-46(54-48)36-24-12-4-13-25-36)38-30-31-40-39-28-16-17-29-41(39)55(42(40)32-38)37-26-14-5-15-27-37/h1-32H. The van der Waals surface area contributed by atoms with Crippen molar-refractivity contribution in [3.63, 3.8) is 0 Å². The van der Waals surface area contributed by atoms with E-state index in [9.17, 15) is 0 Å². The molecule has 0 aliphatic rings. The Morgan fingerprint density at radius 2 is 0.696 bits per heavy atom. The smallest absolute Gasteiger partial charge is 0.241 e. The highest BCUT2D eigenvalue weighted by atomic mass is 15.4. The average Bonchev–Trinajstić information content (AvgIpc) is 3.61. The third-order valence-corrected chi connectivity index (χ3v) is 9.71. The van der Waals surface area contributed by atoms with E-state index in [4.69, 9.17) is 29.9 Å². The van der Waals surface area contributed by atoms with E-state index in [-0.39, 0.29) is 0 Å². The van der Waals surface area contributed by atoms with Gasteiger partial charge in [0.05, 0.1) is 16.7 Å². The first-order chi connectivity index (χ1) is 27.8. The molecular weight excluding hydrogens is 689 g/mol. The molecule has 0 unspecified atom stereocenters. The average molecular weight is 721 g/mol. The summed E-state index contributed by atoms with van der Waals surface area (Å²) < 4.78 is 2.29. The van der Waals surface area contributed by atoms with Crippen molar-refractivity contribution in [3.8, 4) is 51.2 Å². The number of fused-ring (bicyclic) bond motifs is 3. The molecule has 3 heterocycles. The van der Waals surface area contributed by atoms with Crippen LogP contribution >= 0.6 is 0 Å². The van der Waals surface area contributed by atoms with Crippen LogP contribution in [0.4, 0.5) is 17.6 Å². The number of aromatic nitrogens is 7. The fourth-order valence-corrected chi connectivity index (χ4v) is 7.07. The summed E-state index contributed by atoms with van der Waals surface area (Å²) in [5, 5.41) is 2.27. The molecule has 0 amide bonds. The Morgan fingerprint density at radius 3 is 1.14 bits per heavy atom. The second-order valence-electron chi connectivity index (χ2n) is 13.3. The van der Waals surface area contributed by atoms with Crippen LogP contribution in [0, 0.1) is 0 Å². The van der Waals surface area contributed by atoms with Crippen LogP contribution < -0.4 is 4.90 Å². The molecule has 0 radical (unpaired) electrons. The monoisotopic (exact) mass is 720 g/mol. The molecule has 10 aromatic rings. The number of rotatable bonds is 8. The van der Waals surface area contributed by atoms with E-state index in [2.05, 4.69) is 71.3 Å². The van der Waals surface area contributed by atoms with Crippen LogP contribution in [-0.4, -0.2) is 34.5 Å². The molecule has 0 bridgehead atoms. The summed E-state index contributed by atoms with van der Waals surface area (Å²) in [5.74, 6) is 2.84. The number of anilines is 3. The Kier molecular flexibility index (Phi) is 8.31. The van der Waals surface area contributed by atoms with Crippen molar-refractivity contribution in [2.75, 3.05) is 4.90 Å². The third-order valence-electron chi connectivity index (χ3n) is 9.71. The molecule has 10 rings (SSSR count). The second-order valence-corrected chi connectivity index (χ2v) is 13.3. The minimum absolute atomic E-state index is 0.364. The van der Waals surface area contributed by atoms with Crippen molar-refractivity contribution in [1.82, 2.24) is 34.5 Å². The molecule has 3 aromatic heterocycles. The Labute approximate surface area is 323 Å². The van der Waals surface area contributed by atoms with Gasteiger partial charge in [0.2, 0.25) is 11.9 Å². The molecule has 0 atom stereocenters. The number of hydrogen-bond acceptors (Lipinski definition) is 7. The molecule has 0 N–H and O–H groups in total. The molecule has 264 valence electrons. The van der Waals surface area contributed by atoms with Crippen molar-refractivity contribution >= 4 is 39.4 Å². The second kappa shape index (κ2) is 14.2. The van der Waals surface area contributed by atoms with Gasteiger partial charge in [0, 0.05) is 38.7 Å². The van der Waals surface area contributed by atoms with Crippen LogP contribution in [-0.2, 0) is 0 Å². The van der Waals surface area contributed by atoms with Crippen LogP contribution in [0.15, 0.2) is 194 Å². The zero-order valence-electron chi connectivity index (χ0n) is 30.1. The van der Waals surface area contributed by atoms with E-state index in [0.717, 1.165) is 55.4 Å². The summed E-state index contributed by atoms with van der Waals surface area (Å²) in [6, 6.07) is 65.2. The van der Waals surface area contributed by atoms with Crippen molar-refractivity contribution in [1.29, 1.82) is 0 Å². The lowest BCUT2D eigenvalue weighted by Crippen LogP contribution is -2.19. The Morgan fingerprint density at radius 1 is 0.321 bits per heavy atom. The fourth-order valence-electron chi connectivity index (χ4n) is 7.07. The normalized spacial score (nSPS) is 11.2. The molecule has 0 aliphatic heterocycles. The van der Waals surface area contributed by atoms with Crippen LogP contribution in [0.1, 0.15) is 0 Å². The van der Waals surface area contributed by atoms with Crippen molar-refractivity contribution in [2.24, 2.45) is 0 Å².